The second-order valence-electron chi connectivity index (χ2n) is 6.18. The SMILES string of the molecule is CC(C)(C)OC(=O)N1CCCC2NCCC2C1. The molecule has 1 amide bonds. The Bertz CT molecular complexity index is 286. The van der Waals surface area contributed by atoms with E-state index < -0.39 is 5.60 Å². The third-order valence-electron chi connectivity index (χ3n) is 3.54. The maximum atomic E-state index is 12.0. The van der Waals surface area contributed by atoms with Crippen LogP contribution in [0.1, 0.15) is 40.0 Å². The van der Waals surface area contributed by atoms with Crippen LogP contribution >= 0.6 is 0 Å². The van der Waals surface area contributed by atoms with Gasteiger partial charge < -0.3 is 15.0 Å². The molecule has 0 bridgehead atoms. The molecule has 2 atom stereocenters. The summed E-state index contributed by atoms with van der Waals surface area (Å²) in [6.45, 7) is 8.54. The minimum absolute atomic E-state index is 0.148. The van der Waals surface area contributed by atoms with Gasteiger partial charge in [-0.05, 0) is 52.5 Å². The molecule has 0 aromatic carbocycles. The average Bonchev–Trinajstić information content (AvgIpc) is 2.53. The summed E-state index contributed by atoms with van der Waals surface area (Å²) in [5, 5.41) is 3.53. The topological polar surface area (TPSA) is 41.6 Å². The molecule has 4 nitrogen and oxygen atoms in total. The van der Waals surface area contributed by atoms with Crippen LogP contribution in [-0.4, -0.2) is 42.3 Å². The molecular weight excluding hydrogens is 216 g/mol. The fourth-order valence-corrected chi connectivity index (χ4v) is 2.75. The van der Waals surface area contributed by atoms with Crippen molar-refractivity contribution >= 4 is 6.09 Å². The zero-order valence-electron chi connectivity index (χ0n) is 11.2. The molecule has 0 radical (unpaired) electrons. The number of nitrogens with zero attached hydrogens (tertiary/aromatic N) is 1. The Hall–Kier alpha value is -0.770. The van der Waals surface area contributed by atoms with Gasteiger partial charge in [-0.1, -0.05) is 0 Å². The van der Waals surface area contributed by atoms with E-state index in [1.165, 1.54) is 12.8 Å². The van der Waals surface area contributed by atoms with Crippen LogP contribution in [0.3, 0.4) is 0 Å². The molecule has 2 aliphatic heterocycles. The van der Waals surface area contributed by atoms with Gasteiger partial charge in [0, 0.05) is 19.1 Å². The quantitative estimate of drug-likeness (QED) is 0.704. The van der Waals surface area contributed by atoms with Crippen LogP contribution in [0.4, 0.5) is 4.79 Å². The number of nitrogens with one attached hydrogen (secondary N) is 1. The molecule has 17 heavy (non-hydrogen) atoms. The summed E-state index contributed by atoms with van der Waals surface area (Å²) < 4.78 is 5.45. The van der Waals surface area contributed by atoms with Crippen LogP contribution in [0.5, 0.6) is 0 Å². The lowest BCUT2D eigenvalue weighted by molar-refractivity contribution is 0.0234. The smallest absolute Gasteiger partial charge is 0.410 e. The van der Waals surface area contributed by atoms with E-state index in [0.29, 0.717) is 12.0 Å². The van der Waals surface area contributed by atoms with E-state index in [9.17, 15) is 4.79 Å². The average molecular weight is 240 g/mol. The third-order valence-corrected chi connectivity index (χ3v) is 3.54. The standard InChI is InChI=1S/C13H24N2O2/c1-13(2,3)17-12(16)15-8-4-5-11-10(9-15)6-7-14-11/h10-11,14H,4-9H2,1-3H3. The number of carbonyl (C=O) groups is 1. The first-order valence-electron chi connectivity index (χ1n) is 6.67. The van der Waals surface area contributed by atoms with E-state index in [2.05, 4.69) is 5.32 Å². The summed E-state index contributed by atoms with van der Waals surface area (Å²) in [6.07, 6.45) is 3.30. The molecule has 0 aliphatic carbocycles. The van der Waals surface area contributed by atoms with Gasteiger partial charge in [0.25, 0.3) is 0 Å². The molecule has 0 saturated carbocycles. The van der Waals surface area contributed by atoms with Crippen LogP contribution in [0.25, 0.3) is 0 Å². The first-order valence-corrected chi connectivity index (χ1v) is 6.67. The molecule has 1 N–H and O–H groups in total. The molecule has 2 fully saturated rings. The molecule has 0 spiro atoms. The number of likely N-dealkylation sites (tertiary alicyclic amines) is 1. The molecular formula is C13H24N2O2. The van der Waals surface area contributed by atoms with Crippen molar-refractivity contribution in [3.8, 4) is 0 Å². The Morgan fingerprint density at radius 2 is 2.12 bits per heavy atom. The molecule has 2 unspecified atom stereocenters. The second-order valence-corrected chi connectivity index (χ2v) is 6.18. The number of hydrogen-bond acceptors (Lipinski definition) is 3. The van der Waals surface area contributed by atoms with Crippen molar-refractivity contribution in [2.45, 2.75) is 51.7 Å². The van der Waals surface area contributed by atoms with Crippen LogP contribution in [-0.2, 0) is 4.74 Å². The lowest BCUT2D eigenvalue weighted by atomic mass is 9.98. The van der Waals surface area contributed by atoms with E-state index in [1.54, 1.807) is 0 Å². The predicted molar refractivity (Wildman–Crippen MR) is 66.9 cm³/mol. The van der Waals surface area contributed by atoms with Gasteiger partial charge in [-0.2, -0.15) is 0 Å². The zero-order chi connectivity index (χ0) is 12.5. The predicted octanol–water partition coefficient (Wildman–Crippen LogP) is 2.00. The highest BCUT2D eigenvalue weighted by atomic mass is 16.6. The minimum atomic E-state index is -0.392. The first kappa shape index (κ1) is 12.7. The van der Waals surface area contributed by atoms with Crippen molar-refractivity contribution in [3.05, 3.63) is 0 Å². The fraction of sp³-hybridized carbons (Fsp3) is 0.923. The third kappa shape index (κ3) is 3.35. The molecule has 98 valence electrons. The Morgan fingerprint density at radius 1 is 1.35 bits per heavy atom. The van der Waals surface area contributed by atoms with Crippen LogP contribution in [0, 0.1) is 5.92 Å². The monoisotopic (exact) mass is 240 g/mol. The Balaban J connectivity index is 1.94. The number of carbonyl (C=O) groups excluding carboxylic acids is 1. The van der Waals surface area contributed by atoms with Gasteiger partial charge in [0.1, 0.15) is 5.60 Å². The van der Waals surface area contributed by atoms with Gasteiger partial charge >= 0.3 is 6.09 Å². The van der Waals surface area contributed by atoms with E-state index in [4.69, 9.17) is 4.74 Å². The first-order chi connectivity index (χ1) is 7.96. The number of hydrogen-bond donors (Lipinski definition) is 1. The Kier molecular flexibility index (Phi) is 3.61. The van der Waals surface area contributed by atoms with Gasteiger partial charge in [-0.25, -0.2) is 4.79 Å². The number of fused-ring (bicyclic) bond motifs is 1. The highest BCUT2D eigenvalue weighted by Crippen LogP contribution is 2.25. The maximum absolute atomic E-state index is 12.0. The molecule has 2 rings (SSSR count). The van der Waals surface area contributed by atoms with Crippen molar-refractivity contribution in [3.63, 3.8) is 0 Å². The highest BCUT2D eigenvalue weighted by Gasteiger charge is 2.33. The van der Waals surface area contributed by atoms with Gasteiger partial charge in [-0.15, -0.1) is 0 Å². The summed E-state index contributed by atoms with van der Waals surface area (Å²) in [5.41, 5.74) is -0.392. The van der Waals surface area contributed by atoms with Crippen molar-refractivity contribution in [1.82, 2.24) is 10.2 Å². The van der Waals surface area contributed by atoms with E-state index in [-0.39, 0.29) is 6.09 Å². The van der Waals surface area contributed by atoms with E-state index >= 15 is 0 Å². The fourth-order valence-electron chi connectivity index (χ4n) is 2.75. The summed E-state index contributed by atoms with van der Waals surface area (Å²) in [5.74, 6) is 0.616. The van der Waals surface area contributed by atoms with Gasteiger partial charge in [0.15, 0.2) is 0 Å². The van der Waals surface area contributed by atoms with Gasteiger partial charge in [0.2, 0.25) is 0 Å². The lowest BCUT2D eigenvalue weighted by Gasteiger charge is -2.28. The van der Waals surface area contributed by atoms with Crippen molar-refractivity contribution in [2.75, 3.05) is 19.6 Å². The van der Waals surface area contributed by atoms with Gasteiger partial charge in [-0.3, -0.25) is 0 Å². The molecule has 4 heteroatoms. The molecule has 2 aliphatic rings. The second kappa shape index (κ2) is 4.84. The van der Waals surface area contributed by atoms with Crippen LogP contribution in [0.15, 0.2) is 0 Å². The summed E-state index contributed by atoms with van der Waals surface area (Å²) in [4.78, 5) is 13.9. The molecule has 0 aromatic rings. The largest absolute Gasteiger partial charge is 0.444 e. The lowest BCUT2D eigenvalue weighted by Crippen LogP contribution is -2.40. The number of amides is 1. The zero-order valence-corrected chi connectivity index (χ0v) is 11.2. The number of rotatable bonds is 0. The minimum Gasteiger partial charge on any atom is -0.444 e. The van der Waals surface area contributed by atoms with Crippen molar-refractivity contribution in [1.29, 1.82) is 0 Å². The highest BCUT2D eigenvalue weighted by molar-refractivity contribution is 5.68. The molecule has 2 saturated heterocycles. The Morgan fingerprint density at radius 3 is 2.82 bits per heavy atom. The normalized spacial score (nSPS) is 29.7. The van der Waals surface area contributed by atoms with Crippen LogP contribution < -0.4 is 5.32 Å². The van der Waals surface area contributed by atoms with Gasteiger partial charge in [0.05, 0.1) is 0 Å². The maximum Gasteiger partial charge on any atom is 0.410 e. The number of ether oxygens (including phenoxy) is 1. The van der Waals surface area contributed by atoms with Crippen molar-refractivity contribution in [2.24, 2.45) is 5.92 Å². The molecule has 0 aromatic heterocycles. The van der Waals surface area contributed by atoms with Crippen molar-refractivity contribution < 1.29 is 9.53 Å². The van der Waals surface area contributed by atoms with Crippen LogP contribution in [0.2, 0.25) is 0 Å². The summed E-state index contributed by atoms with van der Waals surface area (Å²) in [6, 6.07) is 0.613. The summed E-state index contributed by atoms with van der Waals surface area (Å²) >= 11 is 0. The van der Waals surface area contributed by atoms with E-state index in [0.717, 1.165) is 26.1 Å². The summed E-state index contributed by atoms with van der Waals surface area (Å²) in [7, 11) is 0. The molecule has 2 heterocycles. The van der Waals surface area contributed by atoms with E-state index in [1.807, 2.05) is 25.7 Å². The Labute approximate surface area is 104 Å².